The molecule has 0 amide bonds. The summed E-state index contributed by atoms with van der Waals surface area (Å²) in [5.74, 6) is 0.894. The van der Waals surface area contributed by atoms with E-state index in [2.05, 4.69) is 22.9 Å². The van der Waals surface area contributed by atoms with Gasteiger partial charge in [-0.25, -0.2) is 0 Å². The normalized spacial score (nSPS) is 11.7. The van der Waals surface area contributed by atoms with Crippen LogP contribution in [0, 0.1) is 0 Å². The van der Waals surface area contributed by atoms with Crippen LogP contribution in [0.3, 0.4) is 0 Å². The molecule has 4 heteroatoms. The first-order valence-corrected chi connectivity index (χ1v) is 5.66. The zero-order valence-corrected chi connectivity index (χ0v) is 11.4. The minimum Gasteiger partial charge on any atom is -0.494 e. The van der Waals surface area contributed by atoms with Gasteiger partial charge < -0.3 is 10.5 Å². The molecule has 0 saturated carbocycles. The Balaban J connectivity index is 0.00000196. The molecule has 2 N–H and O–H groups in total. The summed E-state index contributed by atoms with van der Waals surface area (Å²) in [6, 6.07) is 6.00. The molecule has 0 aromatic heterocycles. The average molecular weight is 295 g/mol. The molecular formula is C11H17BrClNO. The molecule has 0 aliphatic rings. The fourth-order valence-electron chi connectivity index (χ4n) is 1.32. The summed E-state index contributed by atoms with van der Waals surface area (Å²) in [5.41, 5.74) is 7.07. The monoisotopic (exact) mass is 293 g/mol. The summed E-state index contributed by atoms with van der Waals surface area (Å²) in [4.78, 5) is 0. The van der Waals surface area contributed by atoms with E-state index in [9.17, 15) is 0 Å². The minimum atomic E-state index is 0. The third-order valence-electron chi connectivity index (χ3n) is 2.11. The molecule has 1 aromatic carbocycles. The first-order valence-electron chi connectivity index (χ1n) is 4.86. The Bertz CT molecular complexity index is 307. The Morgan fingerprint density at radius 1 is 1.40 bits per heavy atom. The van der Waals surface area contributed by atoms with E-state index in [0.29, 0.717) is 6.61 Å². The highest BCUT2D eigenvalue weighted by Crippen LogP contribution is 2.28. The molecule has 2 nitrogen and oxygen atoms in total. The number of benzene rings is 1. The van der Waals surface area contributed by atoms with Crippen molar-refractivity contribution in [3.05, 3.63) is 28.2 Å². The molecule has 1 aromatic rings. The molecule has 86 valence electrons. The molecular weight excluding hydrogens is 277 g/mol. The number of ether oxygens (including phenoxy) is 1. The van der Waals surface area contributed by atoms with Gasteiger partial charge in [0.15, 0.2) is 0 Å². The van der Waals surface area contributed by atoms with Crippen LogP contribution in [0.15, 0.2) is 22.7 Å². The Morgan fingerprint density at radius 2 is 2.07 bits per heavy atom. The lowest BCUT2D eigenvalue weighted by Crippen LogP contribution is -2.10. The molecule has 1 rings (SSSR count). The van der Waals surface area contributed by atoms with Gasteiger partial charge in [-0.05, 0) is 31.5 Å². The Kier molecular flexibility index (Phi) is 6.98. The quantitative estimate of drug-likeness (QED) is 0.919. The lowest BCUT2D eigenvalue weighted by atomic mass is 10.0. The van der Waals surface area contributed by atoms with Gasteiger partial charge in [0.2, 0.25) is 0 Å². The van der Waals surface area contributed by atoms with E-state index in [1.54, 1.807) is 0 Å². The second-order valence-electron chi connectivity index (χ2n) is 3.13. The molecule has 0 heterocycles. The van der Waals surface area contributed by atoms with Crippen molar-refractivity contribution in [3.63, 3.8) is 0 Å². The third-order valence-corrected chi connectivity index (χ3v) is 2.60. The molecule has 15 heavy (non-hydrogen) atoms. The largest absolute Gasteiger partial charge is 0.494 e. The summed E-state index contributed by atoms with van der Waals surface area (Å²) in [5, 5.41) is 0. The number of hydrogen-bond acceptors (Lipinski definition) is 2. The summed E-state index contributed by atoms with van der Waals surface area (Å²) in [6.45, 7) is 4.72. The first-order chi connectivity index (χ1) is 6.69. The fraction of sp³-hybridized carbons (Fsp3) is 0.455. The second-order valence-corrected chi connectivity index (χ2v) is 4.05. The highest BCUT2D eigenvalue weighted by atomic mass is 79.9. The zero-order valence-electron chi connectivity index (χ0n) is 9.00. The maximum Gasteiger partial charge on any atom is 0.124 e. The van der Waals surface area contributed by atoms with E-state index < -0.39 is 0 Å². The molecule has 0 saturated heterocycles. The van der Waals surface area contributed by atoms with Crippen molar-refractivity contribution in [2.24, 2.45) is 5.73 Å². The molecule has 0 bridgehead atoms. The molecule has 0 spiro atoms. The molecule has 1 atom stereocenters. The Morgan fingerprint density at radius 3 is 2.60 bits per heavy atom. The van der Waals surface area contributed by atoms with Gasteiger partial charge in [0.25, 0.3) is 0 Å². The fourth-order valence-corrected chi connectivity index (χ4v) is 1.69. The van der Waals surface area contributed by atoms with Crippen LogP contribution in [0.25, 0.3) is 0 Å². The van der Waals surface area contributed by atoms with Gasteiger partial charge in [0.05, 0.1) is 6.61 Å². The van der Waals surface area contributed by atoms with Crippen LogP contribution in [0.4, 0.5) is 0 Å². The van der Waals surface area contributed by atoms with E-state index in [1.165, 1.54) is 0 Å². The Labute approximate surface area is 106 Å². The van der Waals surface area contributed by atoms with Crippen molar-refractivity contribution in [1.29, 1.82) is 0 Å². The van der Waals surface area contributed by atoms with Crippen LogP contribution in [0.5, 0.6) is 5.75 Å². The lowest BCUT2D eigenvalue weighted by molar-refractivity contribution is 0.333. The predicted octanol–water partition coefficient (Wildman–Crippen LogP) is 3.68. The van der Waals surface area contributed by atoms with E-state index >= 15 is 0 Å². The van der Waals surface area contributed by atoms with E-state index in [1.807, 2.05) is 25.1 Å². The van der Waals surface area contributed by atoms with Gasteiger partial charge in [-0.3, -0.25) is 0 Å². The predicted molar refractivity (Wildman–Crippen MR) is 69.8 cm³/mol. The third kappa shape index (κ3) is 4.01. The molecule has 0 aliphatic heterocycles. The summed E-state index contributed by atoms with van der Waals surface area (Å²) < 4.78 is 6.56. The number of nitrogens with two attached hydrogens (primary N) is 1. The molecule has 0 fully saturated rings. The highest BCUT2D eigenvalue weighted by Gasteiger charge is 2.10. The smallest absolute Gasteiger partial charge is 0.124 e. The van der Waals surface area contributed by atoms with Crippen molar-refractivity contribution in [2.75, 3.05) is 6.61 Å². The van der Waals surface area contributed by atoms with Crippen molar-refractivity contribution in [1.82, 2.24) is 0 Å². The second kappa shape index (κ2) is 7.09. The molecule has 0 aliphatic carbocycles. The lowest BCUT2D eigenvalue weighted by Gasteiger charge is -2.15. The van der Waals surface area contributed by atoms with E-state index in [0.717, 1.165) is 22.2 Å². The maximum absolute atomic E-state index is 5.99. The van der Waals surface area contributed by atoms with Crippen molar-refractivity contribution < 1.29 is 4.74 Å². The van der Waals surface area contributed by atoms with Crippen LogP contribution in [-0.2, 0) is 0 Å². The van der Waals surface area contributed by atoms with Crippen molar-refractivity contribution >= 4 is 28.3 Å². The number of hydrogen-bond donors (Lipinski definition) is 1. The standard InChI is InChI=1S/C11H16BrNO.ClH/c1-3-10(13)9-7-8(12)5-6-11(9)14-4-2;/h5-7,10H,3-4,13H2,1-2H3;1H/t10-;/m1./s1. The average Bonchev–Trinajstić information content (AvgIpc) is 2.20. The maximum atomic E-state index is 5.99. The van der Waals surface area contributed by atoms with Crippen LogP contribution in [0.2, 0.25) is 0 Å². The minimum absolute atomic E-state index is 0. The van der Waals surface area contributed by atoms with Gasteiger partial charge in [-0.2, -0.15) is 0 Å². The highest BCUT2D eigenvalue weighted by molar-refractivity contribution is 9.10. The molecule has 0 radical (unpaired) electrons. The first kappa shape index (κ1) is 14.8. The van der Waals surface area contributed by atoms with Gasteiger partial charge in [-0.1, -0.05) is 22.9 Å². The summed E-state index contributed by atoms with van der Waals surface area (Å²) in [7, 11) is 0. The Hall–Kier alpha value is -0.250. The topological polar surface area (TPSA) is 35.2 Å². The van der Waals surface area contributed by atoms with Crippen LogP contribution >= 0.6 is 28.3 Å². The van der Waals surface area contributed by atoms with Gasteiger partial charge in [-0.15, -0.1) is 12.4 Å². The van der Waals surface area contributed by atoms with Crippen LogP contribution in [-0.4, -0.2) is 6.61 Å². The van der Waals surface area contributed by atoms with Crippen LogP contribution in [0.1, 0.15) is 31.9 Å². The van der Waals surface area contributed by atoms with Crippen LogP contribution < -0.4 is 10.5 Å². The van der Waals surface area contributed by atoms with Gasteiger partial charge >= 0.3 is 0 Å². The zero-order chi connectivity index (χ0) is 10.6. The van der Waals surface area contributed by atoms with E-state index in [4.69, 9.17) is 10.5 Å². The van der Waals surface area contributed by atoms with Crippen molar-refractivity contribution in [2.45, 2.75) is 26.3 Å². The SMILES string of the molecule is CCOc1ccc(Br)cc1[C@H](N)CC.Cl. The molecule has 0 unspecified atom stereocenters. The number of rotatable bonds is 4. The van der Waals surface area contributed by atoms with Crippen molar-refractivity contribution in [3.8, 4) is 5.75 Å². The number of halogens is 2. The van der Waals surface area contributed by atoms with Gasteiger partial charge in [0.1, 0.15) is 5.75 Å². The summed E-state index contributed by atoms with van der Waals surface area (Å²) in [6.07, 6.45) is 0.913. The summed E-state index contributed by atoms with van der Waals surface area (Å²) >= 11 is 3.43. The van der Waals surface area contributed by atoms with E-state index in [-0.39, 0.29) is 18.4 Å². The van der Waals surface area contributed by atoms with Gasteiger partial charge in [0, 0.05) is 16.1 Å².